The highest BCUT2D eigenvalue weighted by Gasteiger charge is 2.21. The van der Waals surface area contributed by atoms with Crippen LogP contribution in [0.3, 0.4) is 0 Å². The molecule has 12 heteroatoms. The second-order valence-corrected chi connectivity index (χ2v) is 7.72. The number of rotatable bonds is 7. The largest absolute Gasteiger partial charge is 0.350 e. The molecule has 0 unspecified atom stereocenters. The maximum Gasteiger partial charge on any atom is 0.277 e. The van der Waals surface area contributed by atoms with Crippen molar-refractivity contribution in [1.82, 2.24) is 10.3 Å². The number of non-ortho nitro benzene ring substituents is 2. The smallest absolute Gasteiger partial charge is 0.277 e. The van der Waals surface area contributed by atoms with Crippen molar-refractivity contribution in [2.24, 2.45) is 0 Å². The highest BCUT2D eigenvalue weighted by molar-refractivity contribution is 7.22. The number of carbonyl (C=O) groups is 2. The number of benzene rings is 2. The van der Waals surface area contributed by atoms with Gasteiger partial charge in [-0.1, -0.05) is 18.3 Å². The number of carbonyl (C=O) groups excluding carboxylic acids is 2. The topological polar surface area (TPSA) is 157 Å². The van der Waals surface area contributed by atoms with Crippen LogP contribution in [0.4, 0.5) is 16.5 Å². The van der Waals surface area contributed by atoms with Crippen LogP contribution in [-0.4, -0.2) is 32.7 Å². The van der Waals surface area contributed by atoms with Crippen molar-refractivity contribution >= 4 is 49.9 Å². The van der Waals surface area contributed by atoms with E-state index in [9.17, 15) is 29.8 Å². The Balaban J connectivity index is 1.85. The van der Waals surface area contributed by atoms with Gasteiger partial charge in [-0.05, 0) is 31.5 Å². The molecule has 0 saturated carbocycles. The fourth-order valence-corrected chi connectivity index (χ4v) is 3.54. The molecule has 0 fully saturated rings. The molecule has 2 amide bonds. The van der Waals surface area contributed by atoms with Crippen molar-refractivity contribution in [3.8, 4) is 0 Å². The summed E-state index contributed by atoms with van der Waals surface area (Å²) >= 11 is 1.11. The first kappa shape index (κ1) is 21.8. The summed E-state index contributed by atoms with van der Waals surface area (Å²) in [5.74, 6) is -1.00. The van der Waals surface area contributed by atoms with Gasteiger partial charge < -0.3 is 5.32 Å². The lowest BCUT2D eigenvalue weighted by molar-refractivity contribution is -0.394. The lowest BCUT2D eigenvalue weighted by Gasteiger charge is -2.10. The highest BCUT2D eigenvalue weighted by Crippen LogP contribution is 2.28. The molecule has 0 aliphatic rings. The lowest BCUT2D eigenvalue weighted by Crippen LogP contribution is -2.31. The summed E-state index contributed by atoms with van der Waals surface area (Å²) in [6.07, 6.45) is 0.792. The second-order valence-electron chi connectivity index (χ2n) is 6.69. The van der Waals surface area contributed by atoms with Crippen molar-refractivity contribution < 1.29 is 19.4 Å². The van der Waals surface area contributed by atoms with E-state index in [4.69, 9.17) is 0 Å². The Morgan fingerprint density at radius 1 is 1.03 bits per heavy atom. The molecule has 3 rings (SSSR count). The van der Waals surface area contributed by atoms with Crippen molar-refractivity contribution in [3.05, 3.63) is 67.8 Å². The predicted molar refractivity (Wildman–Crippen MR) is 115 cm³/mol. The third-order valence-corrected chi connectivity index (χ3v) is 5.38. The van der Waals surface area contributed by atoms with E-state index in [0.717, 1.165) is 36.0 Å². The number of hydrogen-bond acceptors (Lipinski definition) is 8. The Morgan fingerprint density at radius 3 is 2.26 bits per heavy atom. The minimum Gasteiger partial charge on any atom is -0.350 e. The number of fused-ring (bicyclic) bond motifs is 1. The van der Waals surface area contributed by atoms with Crippen LogP contribution < -0.4 is 10.6 Å². The zero-order chi connectivity index (χ0) is 22.7. The van der Waals surface area contributed by atoms with E-state index >= 15 is 0 Å². The Bertz CT molecular complexity index is 1180. The first-order chi connectivity index (χ1) is 14.7. The highest BCUT2D eigenvalue weighted by atomic mass is 32.1. The summed E-state index contributed by atoms with van der Waals surface area (Å²) in [6.45, 7) is 3.86. The number of nitro groups is 2. The number of amides is 2. The Labute approximate surface area is 179 Å². The summed E-state index contributed by atoms with van der Waals surface area (Å²) < 4.78 is 0.650. The first-order valence-electron chi connectivity index (χ1n) is 9.14. The van der Waals surface area contributed by atoms with E-state index in [1.54, 1.807) is 18.2 Å². The van der Waals surface area contributed by atoms with Crippen LogP contribution >= 0.6 is 11.3 Å². The normalized spacial score (nSPS) is 11.7. The van der Waals surface area contributed by atoms with Crippen molar-refractivity contribution in [2.45, 2.75) is 26.3 Å². The van der Waals surface area contributed by atoms with Gasteiger partial charge in [0.15, 0.2) is 5.13 Å². The quantitative estimate of drug-likeness (QED) is 0.414. The van der Waals surface area contributed by atoms with Gasteiger partial charge in [-0.25, -0.2) is 4.98 Å². The molecular formula is C19H17N5O6S. The average molecular weight is 443 g/mol. The van der Waals surface area contributed by atoms with Gasteiger partial charge in [0, 0.05) is 23.7 Å². The minimum absolute atomic E-state index is 0.0264. The number of hydrogen-bond donors (Lipinski definition) is 2. The lowest BCUT2D eigenvalue weighted by atomic mass is 10.1. The van der Waals surface area contributed by atoms with E-state index in [1.165, 1.54) is 0 Å². The number of anilines is 1. The van der Waals surface area contributed by atoms with Crippen molar-refractivity contribution in [2.75, 3.05) is 5.32 Å². The maximum atomic E-state index is 12.5. The van der Waals surface area contributed by atoms with E-state index in [0.29, 0.717) is 15.8 Å². The molecule has 1 aromatic heterocycles. The molecule has 0 aliphatic heterocycles. The van der Waals surface area contributed by atoms with E-state index in [2.05, 4.69) is 15.6 Å². The monoisotopic (exact) mass is 443 g/mol. The van der Waals surface area contributed by atoms with Gasteiger partial charge in [0.2, 0.25) is 0 Å². The van der Waals surface area contributed by atoms with Gasteiger partial charge in [-0.15, -0.1) is 0 Å². The number of nitro benzene ring substituents is 2. The zero-order valence-electron chi connectivity index (χ0n) is 16.4. The third-order valence-electron chi connectivity index (χ3n) is 4.45. The van der Waals surface area contributed by atoms with E-state index < -0.39 is 27.1 Å². The van der Waals surface area contributed by atoms with Gasteiger partial charge in [-0.2, -0.15) is 0 Å². The molecular weight excluding hydrogens is 426 g/mol. The zero-order valence-corrected chi connectivity index (χ0v) is 17.3. The third kappa shape index (κ3) is 4.98. The number of aromatic nitrogens is 1. The van der Waals surface area contributed by atoms with Gasteiger partial charge in [0.25, 0.3) is 23.2 Å². The van der Waals surface area contributed by atoms with Crippen LogP contribution in [0.25, 0.3) is 10.2 Å². The predicted octanol–water partition coefficient (Wildman–Crippen LogP) is 3.89. The molecule has 2 aromatic carbocycles. The standard InChI is InChI=1S/C19H17N5O6S/c1-3-10(2)20-17(25)11-4-5-15-16(8-11)31-19(21-15)22-18(26)12-6-13(23(27)28)9-14(7-12)24(29)30/h4-10H,3H2,1-2H3,(H,20,25)(H,21,22,26)/t10-/m0/s1. The van der Waals surface area contributed by atoms with Gasteiger partial charge in [-0.3, -0.25) is 35.1 Å². The molecule has 0 bridgehead atoms. The summed E-state index contributed by atoms with van der Waals surface area (Å²) in [5, 5.41) is 27.6. The minimum atomic E-state index is -0.812. The van der Waals surface area contributed by atoms with Gasteiger partial charge in [0.05, 0.1) is 31.7 Å². The molecule has 0 saturated heterocycles. The van der Waals surface area contributed by atoms with Crippen LogP contribution in [0.5, 0.6) is 0 Å². The summed E-state index contributed by atoms with van der Waals surface area (Å²) in [7, 11) is 0. The fourth-order valence-electron chi connectivity index (χ4n) is 2.63. The molecule has 1 heterocycles. The van der Waals surface area contributed by atoms with Crippen LogP contribution in [0.1, 0.15) is 41.0 Å². The Hall–Kier alpha value is -3.93. The summed E-state index contributed by atoms with van der Waals surface area (Å²) in [5.41, 5.74) is -0.385. The summed E-state index contributed by atoms with van der Waals surface area (Å²) in [4.78, 5) is 49.5. The number of nitrogens with zero attached hydrogens (tertiary/aromatic N) is 3. The van der Waals surface area contributed by atoms with Crippen molar-refractivity contribution in [3.63, 3.8) is 0 Å². The van der Waals surface area contributed by atoms with Crippen LogP contribution in [0.2, 0.25) is 0 Å². The maximum absolute atomic E-state index is 12.5. The average Bonchev–Trinajstić information content (AvgIpc) is 3.14. The molecule has 1 atom stereocenters. The molecule has 3 aromatic rings. The van der Waals surface area contributed by atoms with Crippen LogP contribution in [0, 0.1) is 20.2 Å². The van der Waals surface area contributed by atoms with E-state index in [1.807, 2.05) is 13.8 Å². The van der Waals surface area contributed by atoms with E-state index in [-0.39, 0.29) is 22.6 Å². The van der Waals surface area contributed by atoms with Gasteiger partial charge in [0.1, 0.15) is 0 Å². The number of thiazole rings is 1. The first-order valence-corrected chi connectivity index (χ1v) is 9.96. The SMILES string of the molecule is CC[C@H](C)NC(=O)c1ccc2nc(NC(=O)c3cc([N+](=O)[O-])cc([N+](=O)[O-])c3)sc2c1. The number of nitrogens with one attached hydrogen (secondary N) is 2. The molecule has 0 spiro atoms. The Morgan fingerprint density at radius 2 is 1.68 bits per heavy atom. The van der Waals surface area contributed by atoms with Crippen LogP contribution in [0.15, 0.2) is 36.4 Å². The molecule has 160 valence electrons. The molecule has 31 heavy (non-hydrogen) atoms. The molecule has 11 nitrogen and oxygen atoms in total. The molecule has 2 N–H and O–H groups in total. The van der Waals surface area contributed by atoms with Crippen molar-refractivity contribution in [1.29, 1.82) is 0 Å². The fraction of sp³-hybridized carbons (Fsp3) is 0.211. The van der Waals surface area contributed by atoms with Gasteiger partial charge >= 0.3 is 0 Å². The Kier molecular flexibility index (Phi) is 6.20. The second kappa shape index (κ2) is 8.83. The molecule has 0 aliphatic carbocycles. The molecule has 0 radical (unpaired) electrons. The summed E-state index contributed by atoms with van der Waals surface area (Å²) in [6, 6.07) is 7.62. The van der Waals surface area contributed by atoms with Crippen LogP contribution in [-0.2, 0) is 0 Å².